The van der Waals surface area contributed by atoms with Crippen LogP contribution in [0.25, 0.3) is 0 Å². The summed E-state index contributed by atoms with van der Waals surface area (Å²) in [5.74, 6) is 0. The molecule has 12 heavy (non-hydrogen) atoms. The topological polar surface area (TPSA) is 36.1 Å². The summed E-state index contributed by atoms with van der Waals surface area (Å²) in [6.07, 6.45) is 6.01. The molecule has 0 bridgehead atoms. The van der Waals surface area contributed by atoms with Crippen LogP contribution in [0.4, 0.5) is 0 Å². The molecule has 1 atom stereocenters. The molecule has 0 spiro atoms. The Morgan fingerprint density at radius 1 is 1.25 bits per heavy atom. The monoisotopic (exact) mass is 170 g/mol. The predicted octanol–water partition coefficient (Wildman–Crippen LogP) is 0.0977. The highest BCUT2D eigenvalue weighted by atomic mass is 15.2. The summed E-state index contributed by atoms with van der Waals surface area (Å²) >= 11 is 0. The first-order valence-corrected chi connectivity index (χ1v) is 4.67. The second-order valence-electron chi connectivity index (χ2n) is 3.37. The minimum absolute atomic E-state index is 0.0625. The summed E-state index contributed by atoms with van der Waals surface area (Å²) in [7, 11) is 6.04. The van der Waals surface area contributed by atoms with E-state index in [0.717, 1.165) is 0 Å². The van der Waals surface area contributed by atoms with Gasteiger partial charge >= 0.3 is 0 Å². The van der Waals surface area contributed by atoms with Gasteiger partial charge in [-0.1, -0.05) is 0 Å². The van der Waals surface area contributed by atoms with Crippen molar-refractivity contribution in [2.24, 2.45) is 0 Å². The molecule has 0 aromatic heterocycles. The normalized spacial score (nSPS) is 28.8. The predicted molar refractivity (Wildman–Crippen MR) is 51.8 cm³/mol. The van der Waals surface area contributed by atoms with Gasteiger partial charge in [0.1, 0.15) is 0 Å². The third-order valence-electron chi connectivity index (χ3n) is 2.91. The zero-order valence-corrected chi connectivity index (χ0v) is 8.28. The SMILES string of the molecule is CNC1[CH]CCCC1(NC)NC. The van der Waals surface area contributed by atoms with Crippen LogP contribution in [0, 0.1) is 6.42 Å². The lowest BCUT2D eigenvalue weighted by Crippen LogP contribution is -2.67. The molecule has 3 nitrogen and oxygen atoms in total. The lowest BCUT2D eigenvalue weighted by molar-refractivity contribution is 0.187. The molecule has 0 aromatic rings. The fraction of sp³-hybridized carbons (Fsp3) is 0.889. The van der Waals surface area contributed by atoms with E-state index in [4.69, 9.17) is 0 Å². The van der Waals surface area contributed by atoms with E-state index >= 15 is 0 Å². The van der Waals surface area contributed by atoms with Gasteiger partial charge in [0.15, 0.2) is 0 Å². The van der Waals surface area contributed by atoms with Gasteiger partial charge in [-0.15, -0.1) is 0 Å². The quantitative estimate of drug-likeness (QED) is 0.526. The summed E-state index contributed by atoms with van der Waals surface area (Å²) in [5, 5.41) is 10.0. The molecule has 1 aliphatic carbocycles. The van der Waals surface area contributed by atoms with Crippen molar-refractivity contribution >= 4 is 0 Å². The number of likely N-dealkylation sites (N-methyl/N-ethyl adjacent to an activating group) is 3. The van der Waals surface area contributed by atoms with Crippen molar-refractivity contribution in [3.05, 3.63) is 6.42 Å². The van der Waals surface area contributed by atoms with Gasteiger partial charge in [0.05, 0.1) is 5.66 Å². The van der Waals surface area contributed by atoms with E-state index in [1.807, 2.05) is 21.1 Å². The second-order valence-corrected chi connectivity index (χ2v) is 3.37. The molecule has 0 amide bonds. The molecule has 1 unspecified atom stereocenters. The van der Waals surface area contributed by atoms with Crippen LogP contribution in [-0.2, 0) is 0 Å². The molecule has 3 N–H and O–H groups in total. The highest BCUT2D eigenvalue weighted by Gasteiger charge is 2.37. The number of hydrogen-bond donors (Lipinski definition) is 3. The molecule has 1 radical (unpaired) electrons. The van der Waals surface area contributed by atoms with Gasteiger partial charge in [-0.3, -0.25) is 0 Å². The average Bonchev–Trinajstić information content (AvgIpc) is 2.17. The van der Waals surface area contributed by atoms with E-state index in [1.54, 1.807) is 0 Å². The molecule has 3 heteroatoms. The van der Waals surface area contributed by atoms with Crippen molar-refractivity contribution in [2.45, 2.75) is 31.0 Å². The van der Waals surface area contributed by atoms with E-state index in [0.29, 0.717) is 6.04 Å². The summed E-state index contributed by atoms with van der Waals surface area (Å²) < 4.78 is 0. The van der Waals surface area contributed by atoms with Crippen LogP contribution in [0.3, 0.4) is 0 Å². The zero-order chi connectivity index (χ0) is 9.03. The van der Waals surface area contributed by atoms with Crippen molar-refractivity contribution in [1.29, 1.82) is 0 Å². The van der Waals surface area contributed by atoms with Crippen molar-refractivity contribution in [3.8, 4) is 0 Å². The second kappa shape index (κ2) is 4.21. The van der Waals surface area contributed by atoms with Crippen LogP contribution >= 0.6 is 0 Å². The molecule has 0 saturated heterocycles. The Morgan fingerprint density at radius 2 is 1.92 bits per heavy atom. The molecule has 1 saturated carbocycles. The van der Waals surface area contributed by atoms with E-state index in [2.05, 4.69) is 22.4 Å². The Balaban J connectivity index is 2.66. The fourth-order valence-electron chi connectivity index (χ4n) is 2.07. The van der Waals surface area contributed by atoms with Gasteiger partial charge in [0.2, 0.25) is 0 Å². The molecule has 0 heterocycles. The maximum atomic E-state index is 3.36. The fourth-order valence-corrected chi connectivity index (χ4v) is 2.07. The van der Waals surface area contributed by atoms with Crippen molar-refractivity contribution in [1.82, 2.24) is 16.0 Å². The molecular weight excluding hydrogens is 150 g/mol. The van der Waals surface area contributed by atoms with Crippen molar-refractivity contribution in [3.63, 3.8) is 0 Å². The zero-order valence-electron chi connectivity index (χ0n) is 8.28. The van der Waals surface area contributed by atoms with E-state index in [-0.39, 0.29) is 5.66 Å². The van der Waals surface area contributed by atoms with E-state index in [9.17, 15) is 0 Å². The summed E-state index contributed by atoms with van der Waals surface area (Å²) in [5.41, 5.74) is 0.0625. The smallest absolute Gasteiger partial charge is 0.0842 e. The number of nitrogens with one attached hydrogen (secondary N) is 3. The van der Waals surface area contributed by atoms with Gasteiger partial charge in [0, 0.05) is 6.04 Å². The van der Waals surface area contributed by atoms with E-state index in [1.165, 1.54) is 19.3 Å². The molecule has 1 rings (SSSR count). The molecular formula is C9H20N3. The van der Waals surface area contributed by atoms with Crippen LogP contribution in [0.1, 0.15) is 19.3 Å². The maximum Gasteiger partial charge on any atom is 0.0842 e. The first-order valence-electron chi connectivity index (χ1n) is 4.67. The largest absolute Gasteiger partial charge is 0.314 e. The average molecular weight is 170 g/mol. The minimum atomic E-state index is 0.0625. The molecule has 1 fully saturated rings. The van der Waals surface area contributed by atoms with Gasteiger partial charge in [-0.2, -0.15) is 0 Å². The Kier molecular flexibility index (Phi) is 3.50. The summed E-state index contributed by atoms with van der Waals surface area (Å²) in [4.78, 5) is 0. The Labute approximate surface area is 75.3 Å². The third kappa shape index (κ3) is 1.63. The van der Waals surface area contributed by atoms with Crippen LogP contribution in [-0.4, -0.2) is 32.8 Å². The van der Waals surface area contributed by atoms with Gasteiger partial charge in [-0.25, -0.2) is 0 Å². The standard InChI is InChI=1S/C9H20N3/c1-10-8-6-4-5-7-9(8,11-2)12-3/h6,8,10-12H,4-5,7H2,1-3H3. The van der Waals surface area contributed by atoms with Gasteiger partial charge < -0.3 is 16.0 Å². The molecule has 0 aliphatic heterocycles. The highest BCUT2D eigenvalue weighted by molar-refractivity contribution is 5.05. The van der Waals surface area contributed by atoms with Crippen LogP contribution in [0.2, 0.25) is 0 Å². The van der Waals surface area contributed by atoms with E-state index < -0.39 is 0 Å². The minimum Gasteiger partial charge on any atom is -0.314 e. The van der Waals surface area contributed by atoms with Crippen LogP contribution < -0.4 is 16.0 Å². The van der Waals surface area contributed by atoms with Gasteiger partial charge in [0.25, 0.3) is 0 Å². The maximum absolute atomic E-state index is 3.36. The van der Waals surface area contributed by atoms with Crippen LogP contribution in [0.5, 0.6) is 0 Å². The Bertz CT molecular complexity index is 132. The van der Waals surface area contributed by atoms with Crippen LogP contribution in [0.15, 0.2) is 0 Å². The van der Waals surface area contributed by atoms with Crippen molar-refractivity contribution in [2.75, 3.05) is 21.1 Å². The molecule has 1 aliphatic rings. The number of rotatable bonds is 3. The molecule has 0 aromatic carbocycles. The lowest BCUT2D eigenvalue weighted by Gasteiger charge is -2.43. The number of hydrogen-bond acceptors (Lipinski definition) is 3. The van der Waals surface area contributed by atoms with Crippen molar-refractivity contribution < 1.29 is 0 Å². The molecule has 71 valence electrons. The Morgan fingerprint density at radius 3 is 2.33 bits per heavy atom. The lowest BCUT2D eigenvalue weighted by atomic mass is 9.84. The first-order chi connectivity index (χ1) is 5.79. The summed E-state index contributed by atoms with van der Waals surface area (Å²) in [6, 6.07) is 0.432. The third-order valence-corrected chi connectivity index (χ3v) is 2.91. The summed E-state index contributed by atoms with van der Waals surface area (Å²) in [6.45, 7) is 0. The Hall–Kier alpha value is -0.120. The van der Waals surface area contributed by atoms with Gasteiger partial charge in [-0.05, 0) is 46.8 Å². The first kappa shape index (κ1) is 9.96. The highest BCUT2D eigenvalue weighted by Crippen LogP contribution is 2.24.